The van der Waals surface area contributed by atoms with E-state index in [9.17, 15) is 4.79 Å². The van der Waals surface area contributed by atoms with Gasteiger partial charge in [0.25, 0.3) is 5.91 Å². The van der Waals surface area contributed by atoms with Crippen molar-refractivity contribution < 1.29 is 28.5 Å². The van der Waals surface area contributed by atoms with E-state index in [1.54, 1.807) is 27.4 Å². The number of nitrogens with two attached hydrogens (primary N) is 1. The molecule has 1 aliphatic rings. The zero-order valence-electron chi connectivity index (χ0n) is 20.7. The van der Waals surface area contributed by atoms with E-state index >= 15 is 0 Å². The molecular weight excluding hydrogens is 474 g/mol. The lowest BCUT2D eigenvalue weighted by molar-refractivity contribution is -0.0872. The van der Waals surface area contributed by atoms with Crippen LogP contribution in [0.1, 0.15) is 35.2 Å². The van der Waals surface area contributed by atoms with Crippen molar-refractivity contribution in [2.24, 2.45) is 0 Å². The number of carbonyl (C=O) groups excluding carboxylic acids is 1. The maximum atomic E-state index is 12.7. The van der Waals surface area contributed by atoms with Crippen LogP contribution in [0.4, 0.5) is 5.69 Å². The van der Waals surface area contributed by atoms with Gasteiger partial charge in [0.15, 0.2) is 11.5 Å². The summed E-state index contributed by atoms with van der Waals surface area (Å²) >= 11 is 6.09. The fraction of sp³-hybridized carbons (Fsp3) is 0.480. The molecule has 0 aliphatic carbocycles. The number of methoxy groups -OCH3 is 4. The molecule has 0 spiro atoms. The molecule has 2 aromatic rings. The van der Waals surface area contributed by atoms with Gasteiger partial charge in [-0.15, -0.1) is 0 Å². The number of hydrogen-bond acceptors (Lipinski definition) is 8. The third kappa shape index (κ3) is 6.62. The molecule has 2 aromatic carbocycles. The molecule has 35 heavy (non-hydrogen) atoms. The molecule has 3 N–H and O–H groups in total. The van der Waals surface area contributed by atoms with Gasteiger partial charge in [0, 0.05) is 25.7 Å². The first-order chi connectivity index (χ1) is 16.9. The summed E-state index contributed by atoms with van der Waals surface area (Å²) in [6, 6.07) is 6.85. The van der Waals surface area contributed by atoms with Crippen LogP contribution in [0.5, 0.6) is 23.0 Å². The van der Waals surface area contributed by atoms with Gasteiger partial charge >= 0.3 is 0 Å². The van der Waals surface area contributed by atoms with Crippen molar-refractivity contribution in [3.8, 4) is 23.0 Å². The Hall–Kier alpha value is -2.88. The van der Waals surface area contributed by atoms with Crippen LogP contribution < -0.4 is 30.0 Å². The first-order valence-corrected chi connectivity index (χ1v) is 11.8. The highest BCUT2D eigenvalue weighted by molar-refractivity contribution is 6.33. The number of carbonyl (C=O) groups is 1. The van der Waals surface area contributed by atoms with Crippen LogP contribution in [0.15, 0.2) is 24.3 Å². The zero-order chi connectivity index (χ0) is 25.4. The quantitative estimate of drug-likeness (QED) is 0.443. The molecule has 0 radical (unpaired) electrons. The molecule has 1 heterocycles. The van der Waals surface area contributed by atoms with Crippen LogP contribution >= 0.6 is 11.6 Å². The lowest BCUT2D eigenvalue weighted by atomic mass is 10.1. The maximum Gasteiger partial charge on any atom is 0.255 e. The molecule has 1 saturated heterocycles. The SMILES string of the molecule is COc1cc(N)c(Cl)cc1C(=O)NCCN1CCCCC1OCc1cc(OC)c(OC)c(OC)c1. The van der Waals surface area contributed by atoms with Gasteiger partial charge in [-0.05, 0) is 43.0 Å². The molecule has 0 aromatic heterocycles. The van der Waals surface area contributed by atoms with Gasteiger partial charge in [-0.25, -0.2) is 0 Å². The lowest BCUT2D eigenvalue weighted by Gasteiger charge is -2.35. The van der Waals surface area contributed by atoms with Gasteiger partial charge in [-0.1, -0.05) is 11.6 Å². The highest BCUT2D eigenvalue weighted by Gasteiger charge is 2.24. The molecule has 192 valence electrons. The van der Waals surface area contributed by atoms with Crippen LogP contribution in [0.25, 0.3) is 0 Å². The number of piperidine rings is 1. The normalized spacial score (nSPS) is 16.0. The lowest BCUT2D eigenvalue weighted by Crippen LogP contribution is -2.45. The average Bonchev–Trinajstić information content (AvgIpc) is 2.88. The minimum Gasteiger partial charge on any atom is -0.496 e. The number of nitrogen functional groups attached to an aromatic ring is 1. The first-order valence-electron chi connectivity index (χ1n) is 11.5. The summed E-state index contributed by atoms with van der Waals surface area (Å²) in [6.45, 7) is 2.39. The molecule has 1 aliphatic heterocycles. The van der Waals surface area contributed by atoms with Crippen LogP contribution in [0.2, 0.25) is 5.02 Å². The standard InChI is InChI=1S/C25H34ClN3O6/c1-31-20-14-19(27)18(26)13-17(20)25(30)28-8-10-29-9-6-5-7-23(29)35-15-16-11-21(32-2)24(34-4)22(12-16)33-3/h11-14,23H,5-10,15,27H2,1-4H3,(H,28,30). The third-order valence-electron chi connectivity index (χ3n) is 5.97. The predicted octanol–water partition coefficient (Wildman–Crippen LogP) is 3.72. The highest BCUT2D eigenvalue weighted by atomic mass is 35.5. The van der Waals surface area contributed by atoms with Gasteiger partial charge in [-0.3, -0.25) is 9.69 Å². The van der Waals surface area contributed by atoms with E-state index in [1.807, 2.05) is 12.1 Å². The van der Waals surface area contributed by atoms with E-state index in [2.05, 4.69) is 10.2 Å². The van der Waals surface area contributed by atoms with Crippen LogP contribution in [-0.2, 0) is 11.3 Å². The second-order valence-electron chi connectivity index (χ2n) is 8.16. The van der Waals surface area contributed by atoms with Crippen molar-refractivity contribution in [1.29, 1.82) is 0 Å². The van der Waals surface area contributed by atoms with Crippen molar-refractivity contribution in [3.05, 3.63) is 40.4 Å². The Labute approximate surface area is 211 Å². The molecule has 10 heteroatoms. The Morgan fingerprint density at radius 2 is 1.71 bits per heavy atom. The van der Waals surface area contributed by atoms with Crippen LogP contribution in [-0.4, -0.2) is 65.1 Å². The monoisotopic (exact) mass is 507 g/mol. The number of ether oxygens (including phenoxy) is 5. The molecule has 1 atom stereocenters. The van der Waals surface area contributed by atoms with Crippen LogP contribution in [0, 0.1) is 0 Å². The van der Waals surface area contributed by atoms with Crippen molar-refractivity contribution in [1.82, 2.24) is 10.2 Å². The molecule has 1 fully saturated rings. The van der Waals surface area contributed by atoms with Gasteiger partial charge in [0.2, 0.25) is 5.75 Å². The van der Waals surface area contributed by atoms with Gasteiger partial charge in [0.1, 0.15) is 12.0 Å². The fourth-order valence-electron chi connectivity index (χ4n) is 4.14. The van der Waals surface area contributed by atoms with E-state index < -0.39 is 0 Å². The Balaban J connectivity index is 1.59. The summed E-state index contributed by atoms with van der Waals surface area (Å²) in [7, 11) is 6.25. The number of nitrogens with one attached hydrogen (secondary N) is 1. The largest absolute Gasteiger partial charge is 0.496 e. The molecule has 3 rings (SSSR count). The number of amides is 1. The van der Waals surface area contributed by atoms with Crippen molar-refractivity contribution >= 4 is 23.2 Å². The number of benzene rings is 2. The topological polar surface area (TPSA) is 105 Å². The second kappa shape index (κ2) is 12.7. The van der Waals surface area contributed by atoms with E-state index in [0.717, 1.165) is 31.4 Å². The molecule has 1 amide bonds. The summed E-state index contributed by atoms with van der Waals surface area (Å²) in [4.78, 5) is 15.0. The number of hydrogen-bond donors (Lipinski definition) is 2. The second-order valence-corrected chi connectivity index (χ2v) is 8.57. The summed E-state index contributed by atoms with van der Waals surface area (Å²) in [5, 5.41) is 3.25. The molecule has 0 bridgehead atoms. The Morgan fingerprint density at radius 3 is 2.34 bits per heavy atom. The Kier molecular flexibility index (Phi) is 9.71. The minimum absolute atomic E-state index is 0.0553. The van der Waals surface area contributed by atoms with E-state index in [4.69, 9.17) is 41.0 Å². The van der Waals surface area contributed by atoms with E-state index in [-0.39, 0.29) is 12.1 Å². The maximum absolute atomic E-state index is 12.7. The number of halogens is 1. The summed E-state index contributed by atoms with van der Waals surface area (Å²) in [5.41, 5.74) is 7.44. The predicted molar refractivity (Wildman–Crippen MR) is 135 cm³/mol. The summed E-state index contributed by atoms with van der Waals surface area (Å²) in [6.07, 6.45) is 3.03. The number of anilines is 1. The molecule has 0 saturated carbocycles. The van der Waals surface area contributed by atoms with E-state index in [1.165, 1.54) is 13.2 Å². The zero-order valence-corrected chi connectivity index (χ0v) is 21.4. The van der Waals surface area contributed by atoms with Gasteiger partial charge in [0.05, 0.1) is 51.3 Å². The molecular formula is C25H34ClN3O6. The Bertz CT molecular complexity index is 994. The van der Waals surface area contributed by atoms with Crippen molar-refractivity contribution in [3.63, 3.8) is 0 Å². The smallest absolute Gasteiger partial charge is 0.255 e. The Morgan fingerprint density at radius 1 is 1.03 bits per heavy atom. The third-order valence-corrected chi connectivity index (χ3v) is 6.30. The van der Waals surface area contributed by atoms with Gasteiger partial charge in [-0.2, -0.15) is 0 Å². The minimum atomic E-state index is -0.268. The highest BCUT2D eigenvalue weighted by Crippen LogP contribution is 2.38. The van der Waals surface area contributed by atoms with Crippen LogP contribution in [0.3, 0.4) is 0 Å². The first kappa shape index (κ1) is 26.7. The number of likely N-dealkylation sites (tertiary alicyclic amines) is 1. The number of rotatable bonds is 11. The number of nitrogens with zero attached hydrogens (tertiary/aromatic N) is 1. The summed E-state index contributed by atoms with van der Waals surface area (Å²) < 4.78 is 27.8. The van der Waals surface area contributed by atoms with Gasteiger partial charge < -0.3 is 34.7 Å². The van der Waals surface area contributed by atoms with E-state index in [0.29, 0.717) is 59.0 Å². The van der Waals surface area contributed by atoms with Crippen molar-refractivity contribution in [2.75, 3.05) is 53.8 Å². The molecule has 9 nitrogen and oxygen atoms in total. The average molecular weight is 508 g/mol. The molecule has 1 unspecified atom stereocenters. The van der Waals surface area contributed by atoms with Crippen molar-refractivity contribution in [2.45, 2.75) is 32.1 Å². The summed E-state index contributed by atoms with van der Waals surface area (Å²) in [5.74, 6) is 1.84. The fourth-order valence-corrected chi connectivity index (χ4v) is 4.30.